The molecule has 0 amide bonds. The Morgan fingerprint density at radius 1 is 1.47 bits per heavy atom. The fourth-order valence-electron chi connectivity index (χ4n) is 1.64. The molecule has 0 aliphatic carbocycles. The molecule has 4 nitrogen and oxygen atoms in total. The Balaban J connectivity index is 2.43. The minimum atomic E-state index is 0.328. The second-order valence-electron chi connectivity index (χ2n) is 3.89. The molecule has 2 rings (SSSR count). The molecule has 4 heteroatoms. The van der Waals surface area contributed by atoms with E-state index in [-0.39, 0.29) is 0 Å². The maximum absolute atomic E-state index is 5.53. The van der Waals surface area contributed by atoms with Gasteiger partial charge in [0.1, 0.15) is 0 Å². The zero-order valence-corrected chi connectivity index (χ0v) is 9.14. The van der Waals surface area contributed by atoms with E-state index in [0.717, 1.165) is 23.6 Å². The lowest BCUT2D eigenvalue weighted by Crippen LogP contribution is -2.06. The molecule has 2 aromatic heterocycles. The first-order valence-corrected chi connectivity index (χ1v) is 5.24. The van der Waals surface area contributed by atoms with Gasteiger partial charge in [0.2, 0.25) is 0 Å². The van der Waals surface area contributed by atoms with Crippen LogP contribution in [-0.2, 0) is 0 Å². The molecule has 0 radical (unpaired) electrons. The topological polar surface area (TPSA) is 56.2 Å². The zero-order chi connectivity index (χ0) is 10.8. The minimum Gasteiger partial charge on any atom is -0.330 e. The first kappa shape index (κ1) is 10.1. The predicted octanol–water partition coefficient (Wildman–Crippen LogP) is 1.49. The van der Waals surface area contributed by atoms with Crippen LogP contribution in [-0.4, -0.2) is 21.1 Å². The highest BCUT2D eigenvalue weighted by Crippen LogP contribution is 2.15. The van der Waals surface area contributed by atoms with Crippen molar-refractivity contribution in [3.63, 3.8) is 0 Å². The van der Waals surface area contributed by atoms with Crippen LogP contribution in [0.4, 0.5) is 0 Å². The van der Waals surface area contributed by atoms with E-state index in [1.807, 2.05) is 29.6 Å². The molecule has 0 fully saturated rings. The van der Waals surface area contributed by atoms with Crippen molar-refractivity contribution in [2.75, 3.05) is 6.54 Å². The first-order valence-electron chi connectivity index (χ1n) is 5.24. The number of nitrogens with zero attached hydrogens (tertiary/aromatic N) is 3. The highest BCUT2D eigenvalue weighted by atomic mass is 15.3. The molecule has 0 spiro atoms. The van der Waals surface area contributed by atoms with Crippen molar-refractivity contribution in [1.82, 2.24) is 14.6 Å². The molecule has 2 heterocycles. The molecule has 0 aliphatic rings. The normalized spacial score (nSPS) is 13.3. The molecule has 80 valence electrons. The average molecular weight is 204 g/mol. The van der Waals surface area contributed by atoms with Gasteiger partial charge in [0.05, 0.1) is 0 Å². The number of aryl methyl sites for hydroxylation is 1. The van der Waals surface area contributed by atoms with E-state index < -0.39 is 0 Å². The number of hydrogen-bond donors (Lipinski definition) is 1. The molecule has 1 unspecified atom stereocenters. The van der Waals surface area contributed by atoms with Crippen LogP contribution >= 0.6 is 0 Å². The fourth-order valence-corrected chi connectivity index (χ4v) is 1.64. The smallest absolute Gasteiger partial charge is 0.155 e. The van der Waals surface area contributed by atoms with Gasteiger partial charge in [-0.3, -0.25) is 0 Å². The number of aromatic nitrogens is 3. The van der Waals surface area contributed by atoms with Gasteiger partial charge >= 0.3 is 0 Å². The van der Waals surface area contributed by atoms with E-state index in [2.05, 4.69) is 17.0 Å². The lowest BCUT2D eigenvalue weighted by molar-refractivity contribution is 0.644. The number of hydrogen-bond acceptors (Lipinski definition) is 3. The summed E-state index contributed by atoms with van der Waals surface area (Å²) in [6.07, 6.45) is 0.927. The standard InChI is InChI=1S/C11H16N4/c1-8(6-7-12)11-13-10-5-3-4-9(2)15(10)14-11/h3-5,8H,6-7,12H2,1-2H3. The molecule has 1 atom stereocenters. The van der Waals surface area contributed by atoms with Gasteiger partial charge in [-0.05, 0) is 32.0 Å². The van der Waals surface area contributed by atoms with Gasteiger partial charge in [-0.25, -0.2) is 9.50 Å². The van der Waals surface area contributed by atoms with Crippen LogP contribution in [0.1, 0.15) is 30.8 Å². The largest absolute Gasteiger partial charge is 0.330 e. The van der Waals surface area contributed by atoms with Crippen LogP contribution in [0, 0.1) is 6.92 Å². The van der Waals surface area contributed by atoms with Gasteiger partial charge in [0.25, 0.3) is 0 Å². The first-order chi connectivity index (χ1) is 7.22. The summed E-state index contributed by atoms with van der Waals surface area (Å²) in [6.45, 7) is 4.81. The van der Waals surface area contributed by atoms with Crippen molar-refractivity contribution in [2.45, 2.75) is 26.2 Å². The molecule has 0 aromatic carbocycles. The van der Waals surface area contributed by atoms with Gasteiger partial charge in [-0.1, -0.05) is 13.0 Å². The molecular formula is C11H16N4. The summed E-state index contributed by atoms with van der Waals surface area (Å²) in [5.41, 5.74) is 7.54. The number of pyridine rings is 1. The molecule has 0 bridgehead atoms. The Hall–Kier alpha value is -1.42. The lowest BCUT2D eigenvalue weighted by atomic mass is 10.1. The molecule has 15 heavy (non-hydrogen) atoms. The van der Waals surface area contributed by atoms with E-state index in [1.54, 1.807) is 0 Å². The monoisotopic (exact) mass is 204 g/mol. The fraction of sp³-hybridized carbons (Fsp3) is 0.455. The molecule has 2 N–H and O–H groups in total. The van der Waals surface area contributed by atoms with Gasteiger partial charge in [-0.2, -0.15) is 5.10 Å². The quantitative estimate of drug-likeness (QED) is 0.824. The second-order valence-corrected chi connectivity index (χ2v) is 3.89. The van der Waals surface area contributed by atoms with E-state index in [9.17, 15) is 0 Å². The third-order valence-electron chi connectivity index (χ3n) is 2.61. The summed E-state index contributed by atoms with van der Waals surface area (Å²) in [4.78, 5) is 4.49. The summed E-state index contributed by atoms with van der Waals surface area (Å²) in [5, 5.41) is 4.48. The minimum absolute atomic E-state index is 0.328. The van der Waals surface area contributed by atoms with Crippen LogP contribution in [0.25, 0.3) is 5.65 Å². The maximum atomic E-state index is 5.53. The summed E-state index contributed by atoms with van der Waals surface area (Å²) >= 11 is 0. The number of rotatable bonds is 3. The average Bonchev–Trinajstić information content (AvgIpc) is 2.63. The molecule has 0 saturated carbocycles. The predicted molar refractivity (Wildman–Crippen MR) is 59.8 cm³/mol. The summed E-state index contributed by atoms with van der Waals surface area (Å²) < 4.78 is 1.88. The third-order valence-corrected chi connectivity index (χ3v) is 2.61. The summed E-state index contributed by atoms with van der Waals surface area (Å²) in [7, 11) is 0. The Morgan fingerprint density at radius 2 is 2.27 bits per heavy atom. The Kier molecular flexibility index (Phi) is 2.68. The van der Waals surface area contributed by atoms with Crippen LogP contribution in [0.3, 0.4) is 0 Å². The molecular weight excluding hydrogens is 188 g/mol. The van der Waals surface area contributed by atoms with Crippen LogP contribution in [0.5, 0.6) is 0 Å². The van der Waals surface area contributed by atoms with Crippen LogP contribution in [0.15, 0.2) is 18.2 Å². The van der Waals surface area contributed by atoms with E-state index >= 15 is 0 Å². The Morgan fingerprint density at radius 3 is 2.93 bits per heavy atom. The van der Waals surface area contributed by atoms with Gasteiger partial charge in [0.15, 0.2) is 11.5 Å². The SMILES string of the molecule is Cc1cccc2nc(C(C)CCN)nn12. The molecule has 0 aliphatic heterocycles. The second kappa shape index (κ2) is 3.98. The number of nitrogens with two attached hydrogens (primary N) is 1. The number of fused-ring (bicyclic) bond motifs is 1. The Labute approximate surface area is 89.1 Å². The van der Waals surface area contributed by atoms with Crippen LogP contribution < -0.4 is 5.73 Å². The summed E-state index contributed by atoms with van der Waals surface area (Å²) in [6, 6.07) is 5.99. The van der Waals surface area contributed by atoms with Crippen molar-refractivity contribution in [2.24, 2.45) is 5.73 Å². The van der Waals surface area contributed by atoms with E-state index in [4.69, 9.17) is 5.73 Å². The highest BCUT2D eigenvalue weighted by Gasteiger charge is 2.11. The van der Waals surface area contributed by atoms with Crippen molar-refractivity contribution >= 4 is 5.65 Å². The van der Waals surface area contributed by atoms with E-state index in [1.165, 1.54) is 0 Å². The van der Waals surface area contributed by atoms with Gasteiger partial charge < -0.3 is 5.73 Å². The van der Waals surface area contributed by atoms with Crippen molar-refractivity contribution in [3.8, 4) is 0 Å². The maximum Gasteiger partial charge on any atom is 0.155 e. The van der Waals surface area contributed by atoms with Gasteiger partial charge in [0, 0.05) is 11.6 Å². The third kappa shape index (κ3) is 1.85. The van der Waals surface area contributed by atoms with E-state index in [0.29, 0.717) is 12.5 Å². The molecule has 2 aromatic rings. The zero-order valence-electron chi connectivity index (χ0n) is 9.14. The van der Waals surface area contributed by atoms with Crippen molar-refractivity contribution in [1.29, 1.82) is 0 Å². The van der Waals surface area contributed by atoms with Gasteiger partial charge in [-0.15, -0.1) is 0 Å². The van der Waals surface area contributed by atoms with Crippen molar-refractivity contribution < 1.29 is 0 Å². The summed E-state index contributed by atoms with van der Waals surface area (Å²) in [5.74, 6) is 1.21. The van der Waals surface area contributed by atoms with Crippen LogP contribution in [0.2, 0.25) is 0 Å². The lowest BCUT2D eigenvalue weighted by Gasteiger charge is -2.02. The van der Waals surface area contributed by atoms with Crippen molar-refractivity contribution in [3.05, 3.63) is 29.7 Å². The Bertz CT molecular complexity index is 461. The highest BCUT2D eigenvalue weighted by molar-refractivity contribution is 5.38. The molecule has 0 saturated heterocycles.